The van der Waals surface area contributed by atoms with Crippen LogP contribution >= 0.6 is 0 Å². The van der Waals surface area contributed by atoms with Gasteiger partial charge in [-0.05, 0) is 11.1 Å². The molecule has 26 heavy (non-hydrogen) atoms. The Morgan fingerprint density at radius 3 is 1.35 bits per heavy atom. The highest BCUT2D eigenvalue weighted by Gasteiger charge is 2.53. The number of imidazole rings is 2. The van der Waals surface area contributed by atoms with Gasteiger partial charge in [0.15, 0.2) is 0 Å². The first-order valence-electron chi connectivity index (χ1n) is 8.98. The lowest BCUT2D eigenvalue weighted by molar-refractivity contribution is 0.108. The predicted octanol–water partition coefficient (Wildman–Crippen LogP) is 4.44. The van der Waals surface area contributed by atoms with E-state index < -0.39 is 0 Å². The second-order valence-electron chi connectivity index (χ2n) is 6.87. The van der Waals surface area contributed by atoms with Crippen LogP contribution in [0.3, 0.4) is 0 Å². The van der Waals surface area contributed by atoms with Crippen LogP contribution in [0.1, 0.15) is 35.0 Å². The van der Waals surface area contributed by atoms with Crippen molar-refractivity contribution in [3.05, 3.63) is 109 Å². The maximum absolute atomic E-state index is 4.31. The Morgan fingerprint density at radius 2 is 1.00 bits per heavy atom. The van der Waals surface area contributed by atoms with E-state index in [0.717, 1.165) is 0 Å². The highest BCUT2D eigenvalue weighted by atomic mass is 15.2. The Hall–Kier alpha value is -3.14. The zero-order valence-corrected chi connectivity index (χ0v) is 14.3. The van der Waals surface area contributed by atoms with Crippen LogP contribution in [-0.4, -0.2) is 19.1 Å². The summed E-state index contributed by atoms with van der Waals surface area (Å²) in [6, 6.07) is 22.3. The van der Waals surface area contributed by atoms with Crippen molar-refractivity contribution in [1.29, 1.82) is 0 Å². The first-order valence-corrected chi connectivity index (χ1v) is 8.98. The van der Waals surface area contributed by atoms with Gasteiger partial charge in [-0.3, -0.25) is 0 Å². The van der Waals surface area contributed by atoms with E-state index in [-0.39, 0.29) is 0 Å². The molecule has 0 bridgehead atoms. The summed E-state index contributed by atoms with van der Waals surface area (Å²) in [4.78, 5) is 8.63. The molecule has 0 saturated heterocycles. The minimum absolute atomic E-state index is 0.328. The van der Waals surface area contributed by atoms with Crippen LogP contribution in [0.2, 0.25) is 0 Å². The quantitative estimate of drug-likeness (QED) is 0.550. The van der Waals surface area contributed by atoms with Crippen molar-refractivity contribution in [2.75, 3.05) is 0 Å². The van der Waals surface area contributed by atoms with Crippen molar-refractivity contribution in [2.24, 2.45) is 0 Å². The van der Waals surface area contributed by atoms with Crippen LogP contribution in [0.4, 0.5) is 0 Å². The predicted molar refractivity (Wildman–Crippen MR) is 101 cm³/mol. The summed E-state index contributed by atoms with van der Waals surface area (Å²) >= 11 is 0. The molecule has 5 rings (SSSR count). The number of aromatic nitrogens is 4. The van der Waals surface area contributed by atoms with E-state index in [2.05, 4.69) is 92.2 Å². The Kier molecular flexibility index (Phi) is 3.67. The molecule has 4 nitrogen and oxygen atoms in total. The molecular weight excluding hydrogens is 320 g/mol. The van der Waals surface area contributed by atoms with E-state index >= 15 is 0 Å². The van der Waals surface area contributed by atoms with Crippen LogP contribution in [0.5, 0.6) is 0 Å². The molecule has 0 spiro atoms. The zero-order chi connectivity index (χ0) is 17.3. The molecule has 2 aromatic carbocycles. The second-order valence-corrected chi connectivity index (χ2v) is 6.87. The van der Waals surface area contributed by atoms with Crippen LogP contribution < -0.4 is 0 Å². The third-order valence-electron chi connectivity index (χ3n) is 5.58. The maximum Gasteiger partial charge on any atom is 0.0948 e. The summed E-state index contributed by atoms with van der Waals surface area (Å²) in [5, 5.41) is 0. The van der Waals surface area contributed by atoms with Gasteiger partial charge in [-0.25, -0.2) is 9.97 Å². The molecule has 0 unspecified atom stereocenters. The molecule has 1 fully saturated rings. The molecule has 4 heteroatoms. The Bertz CT molecular complexity index is 856. The minimum Gasteiger partial charge on any atom is -0.333 e. The highest BCUT2D eigenvalue weighted by molar-refractivity contribution is 5.36. The van der Waals surface area contributed by atoms with Gasteiger partial charge in [0.1, 0.15) is 0 Å². The van der Waals surface area contributed by atoms with Gasteiger partial charge in [0.05, 0.1) is 24.7 Å². The van der Waals surface area contributed by atoms with Gasteiger partial charge in [0.25, 0.3) is 0 Å². The lowest BCUT2D eigenvalue weighted by Crippen LogP contribution is -2.45. The molecule has 4 aromatic rings. The normalized spacial score (nSPS) is 24.9. The number of nitrogens with zero attached hydrogens (tertiary/aromatic N) is 4. The first kappa shape index (κ1) is 15.1. The fraction of sp³-hybridized carbons (Fsp3) is 0.182. The molecule has 0 N–H and O–H groups in total. The fourth-order valence-corrected chi connectivity index (χ4v) is 4.48. The molecule has 0 atom stereocenters. The third-order valence-corrected chi connectivity index (χ3v) is 5.58. The standard InChI is InChI=1S/C22H20N4/c1-3-7-17(8-4-1)19-21(25-13-11-23-15-25)20(18-9-5-2-6-10-18)22(19)26-14-12-24-16-26/h1-16,19-22H. The van der Waals surface area contributed by atoms with Crippen molar-refractivity contribution in [3.8, 4) is 0 Å². The van der Waals surface area contributed by atoms with Crippen LogP contribution in [0.15, 0.2) is 98.1 Å². The van der Waals surface area contributed by atoms with Gasteiger partial charge in [-0.15, -0.1) is 0 Å². The number of rotatable bonds is 4. The largest absolute Gasteiger partial charge is 0.333 e. The summed E-state index contributed by atoms with van der Waals surface area (Å²) in [6.07, 6.45) is 11.8. The Labute approximate surface area is 152 Å². The molecule has 0 aliphatic heterocycles. The molecule has 0 amide bonds. The summed E-state index contributed by atoms with van der Waals surface area (Å²) in [5.74, 6) is 0.731. The average Bonchev–Trinajstić information content (AvgIpc) is 3.37. The topological polar surface area (TPSA) is 35.6 Å². The Morgan fingerprint density at radius 1 is 0.577 bits per heavy atom. The molecule has 128 valence electrons. The van der Waals surface area contributed by atoms with E-state index in [1.54, 1.807) is 0 Å². The third kappa shape index (κ3) is 2.37. The van der Waals surface area contributed by atoms with Gasteiger partial charge < -0.3 is 9.13 Å². The maximum atomic E-state index is 4.31. The fourth-order valence-electron chi connectivity index (χ4n) is 4.48. The van der Waals surface area contributed by atoms with Gasteiger partial charge >= 0.3 is 0 Å². The summed E-state index contributed by atoms with van der Waals surface area (Å²) in [5.41, 5.74) is 2.72. The molecule has 1 aliphatic carbocycles. The van der Waals surface area contributed by atoms with Crippen LogP contribution in [0, 0.1) is 0 Å². The molecule has 1 saturated carbocycles. The van der Waals surface area contributed by atoms with Crippen molar-refractivity contribution < 1.29 is 0 Å². The van der Waals surface area contributed by atoms with Crippen LogP contribution in [-0.2, 0) is 0 Å². The van der Waals surface area contributed by atoms with Gasteiger partial charge in [0.2, 0.25) is 0 Å². The number of benzene rings is 2. The zero-order valence-electron chi connectivity index (χ0n) is 14.3. The number of hydrogen-bond donors (Lipinski definition) is 0. The molecule has 2 aromatic heterocycles. The average molecular weight is 340 g/mol. The van der Waals surface area contributed by atoms with Crippen molar-refractivity contribution in [2.45, 2.75) is 23.9 Å². The SMILES string of the molecule is c1ccc(C2C(n3ccnc3)C(c3ccccc3)C2n2ccnc2)cc1. The van der Waals surface area contributed by atoms with E-state index in [0.29, 0.717) is 23.9 Å². The summed E-state index contributed by atoms with van der Waals surface area (Å²) in [6.45, 7) is 0. The summed E-state index contributed by atoms with van der Waals surface area (Å²) < 4.78 is 4.53. The van der Waals surface area contributed by atoms with Crippen molar-refractivity contribution >= 4 is 0 Å². The first-order chi connectivity index (χ1) is 12.9. The monoisotopic (exact) mass is 340 g/mol. The second kappa shape index (κ2) is 6.30. The lowest BCUT2D eigenvalue weighted by Gasteiger charge is -2.53. The van der Waals surface area contributed by atoms with E-state index in [4.69, 9.17) is 0 Å². The van der Waals surface area contributed by atoms with E-state index in [1.165, 1.54) is 11.1 Å². The van der Waals surface area contributed by atoms with E-state index in [9.17, 15) is 0 Å². The minimum atomic E-state index is 0.328. The summed E-state index contributed by atoms with van der Waals surface area (Å²) in [7, 11) is 0. The van der Waals surface area contributed by atoms with Gasteiger partial charge in [-0.1, -0.05) is 60.7 Å². The smallest absolute Gasteiger partial charge is 0.0948 e. The van der Waals surface area contributed by atoms with Crippen LogP contribution in [0.25, 0.3) is 0 Å². The van der Waals surface area contributed by atoms with Crippen molar-refractivity contribution in [1.82, 2.24) is 19.1 Å². The van der Waals surface area contributed by atoms with Gasteiger partial charge in [0, 0.05) is 36.6 Å². The molecule has 1 aliphatic rings. The molecule has 2 heterocycles. The van der Waals surface area contributed by atoms with Crippen molar-refractivity contribution in [3.63, 3.8) is 0 Å². The highest BCUT2D eigenvalue weighted by Crippen LogP contribution is 2.62. The number of hydrogen-bond acceptors (Lipinski definition) is 2. The molecular formula is C22H20N4. The Balaban J connectivity index is 1.66. The molecule has 0 radical (unpaired) electrons. The van der Waals surface area contributed by atoms with E-state index in [1.807, 2.05) is 25.0 Å². The lowest BCUT2D eigenvalue weighted by atomic mass is 9.59. The van der Waals surface area contributed by atoms with Gasteiger partial charge in [-0.2, -0.15) is 0 Å².